The third-order valence-corrected chi connectivity index (χ3v) is 2.07. The van der Waals surface area contributed by atoms with Crippen molar-refractivity contribution in [3.8, 4) is 0 Å². The summed E-state index contributed by atoms with van der Waals surface area (Å²) in [5.74, 6) is -0.509. The molecule has 0 saturated carbocycles. The van der Waals surface area contributed by atoms with E-state index in [0.717, 1.165) is 0 Å². The zero-order valence-corrected chi connectivity index (χ0v) is 8.16. The second-order valence-electron chi connectivity index (χ2n) is 3.01. The first-order valence-corrected chi connectivity index (χ1v) is 4.60. The molecule has 1 atom stereocenters. The molecule has 1 heterocycles. The van der Waals surface area contributed by atoms with Gasteiger partial charge in [0.25, 0.3) is 0 Å². The van der Waals surface area contributed by atoms with Crippen LogP contribution in [0.15, 0.2) is 0 Å². The van der Waals surface area contributed by atoms with Gasteiger partial charge in [0.05, 0.1) is 6.61 Å². The summed E-state index contributed by atoms with van der Waals surface area (Å²) < 4.78 is 4.81. The third kappa shape index (κ3) is 2.35. The van der Waals surface area contributed by atoms with E-state index < -0.39 is 18.0 Å². The lowest BCUT2D eigenvalue weighted by molar-refractivity contribution is -0.123. The summed E-state index contributed by atoms with van der Waals surface area (Å²) in [5.41, 5.74) is 5.16. The van der Waals surface area contributed by atoms with E-state index in [-0.39, 0.29) is 0 Å². The van der Waals surface area contributed by atoms with E-state index in [1.807, 2.05) is 0 Å². The molecule has 0 spiro atoms. The Morgan fingerprint density at radius 2 is 2.36 bits per heavy atom. The van der Waals surface area contributed by atoms with E-state index in [1.54, 1.807) is 6.92 Å². The summed E-state index contributed by atoms with van der Waals surface area (Å²) in [6.45, 7) is 3.52. The van der Waals surface area contributed by atoms with E-state index in [1.165, 1.54) is 4.90 Å². The SMILES string of the molecule is CCOC(=O)N1CCNC[C@H]1C(N)=O. The van der Waals surface area contributed by atoms with Gasteiger partial charge in [-0.25, -0.2) is 4.79 Å². The Bertz CT molecular complexity index is 232. The van der Waals surface area contributed by atoms with Crippen LogP contribution in [-0.2, 0) is 9.53 Å². The van der Waals surface area contributed by atoms with Crippen LogP contribution in [0, 0.1) is 0 Å². The summed E-state index contributed by atoms with van der Waals surface area (Å²) in [6.07, 6.45) is -0.474. The molecule has 0 aromatic rings. The molecular weight excluding hydrogens is 186 g/mol. The number of ether oxygens (including phenoxy) is 1. The Labute approximate surface area is 82.4 Å². The fourth-order valence-corrected chi connectivity index (χ4v) is 1.38. The fraction of sp³-hybridized carbons (Fsp3) is 0.750. The maximum absolute atomic E-state index is 11.4. The van der Waals surface area contributed by atoms with Crippen molar-refractivity contribution in [2.75, 3.05) is 26.2 Å². The van der Waals surface area contributed by atoms with E-state index in [4.69, 9.17) is 10.5 Å². The molecule has 0 aromatic heterocycles. The number of nitrogens with two attached hydrogens (primary N) is 1. The van der Waals surface area contributed by atoms with Crippen LogP contribution < -0.4 is 11.1 Å². The maximum atomic E-state index is 11.4. The molecule has 80 valence electrons. The second kappa shape index (κ2) is 4.80. The highest BCUT2D eigenvalue weighted by Crippen LogP contribution is 2.05. The number of hydrogen-bond acceptors (Lipinski definition) is 4. The first-order chi connectivity index (χ1) is 6.66. The molecule has 0 radical (unpaired) electrons. The summed E-state index contributed by atoms with van der Waals surface area (Å²) in [4.78, 5) is 23.8. The van der Waals surface area contributed by atoms with Crippen LogP contribution in [0.5, 0.6) is 0 Å². The number of piperazine rings is 1. The Morgan fingerprint density at radius 1 is 1.64 bits per heavy atom. The van der Waals surface area contributed by atoms with E-state index in [2.05, 4.69) is 5.32 Å². The zero-order valence-electron chi connectivity index (χ0n) is 8.16. The number of nitrogens with zero attached hydrogens (tertiary/aromatic N) is 1. The van der Waals surface area contributed by atoms with Crippen molar-refractivity contribution in [1.82, 2.24) is 10.2 Å². The number of rotatable bonds is 2. The van der Waals surface area contributed by atoms with Gasteiger partial charge in [0.15, 0.2) is 0 Å². The minimum Gasteiger partial charge on any atom is -0.450 e. The highest BCUT2D eigenvalue weighted by molar-refractivity contribution is 5.84. The summed E-state index contributed by atoms with van der Waals surface area (Å²) >= 11 is 0. The number of carbonyl (C=O) groups is 2. The summed E-state index contributed by atoms with van der Waals surface area (Å²) in [7, 11) is 0. The van der Waals surface area contributed by atoms with Gasteiger partial charge in [-0.2, -0.15) is 0 Å². The molecule has 2 amide bonds. The lowest BCUT2D eigenvalue weighted by atomic mass is 10.2. The highest BCUT2D eigenvalue weighted by Gasteiger charge is 2.31. The Kier molecular flexibility index (Phi) is 3.70. The van der Waals surface area contributed by atoms with Crippen LogP contribution >= 0.6 is 0 Å². The van der Waals surface area contributed by atoms with Gasteiger partial charge in [0.1, 0.15) is 6.04 Å². The molecule has 14 heavy (non-hydrogen) atoms. The van der Waals surface area contributed by atoms with Crippen LogP contribution in [0.4, 0.5) is 4.79 Å². The smallest absolute Gasteiger partial charge is 0.410 e. The molecule has 1 aliphatic heterocycles. The minimum absolute atomic E-state index is 0.300. The highest BCUT2D eigenvalue weighted by atomic mass is 16.6. The standard InChI is InChI=1S/C8H15N3O3/c1-2-14-8(13)11-4-3-10-5-6(11)7(9)12/h6,10H,2-5H2,1H3,(H2,9,12)/t6-/m0/s1. The number of amides is 2. The first kappa shape index (κ1) is 10.8. The van der Waals surface area contributed by atoms with Crippen molar-refractivity contribution < 1.29 is 14.3 Å². The molecule has 1 saturated heterocycles. The lowest BCUT2D eigenvalue weighted by Gasteiger charge is -2.33. The van der Waals surface area contributed by atoms with Gasteiger partial charge in [0.2, 0.25) is 5.91 Å². The molecule has 0 unspecified atom stereocenters. The van der Waals surface area contributed by atoms with Crippen LogP contribution in [-0.4, -0.2) is 49.2 Å². The largest absolute Gasteiger partial charge is 0.450 e. The van der Waals surface area contributed by atoms with Gasteiger partial charge in [0, 0.05) is 19.6 Å². The molecule has 0 aromatic carbocycles. The lowest BCUT2D eigenvalue weighted by Crippen LogP contribution is -2.58. The van der Waals surface area contributed by atoms with Crippen molar-refractivity contribution in [2.24, 2.45) is 5.73 Å². The normalized spacial score (nSPS) is 21.8. The number of hydrogen-bond donors (Lipinski definition) is 2. The van der Waals surface area contributed by atoms with Crippen molar-refractivity contribution in [3.63, 3.8) is 0 Å². The molecule has 1 aliphatic rings. The summed E-state index contributed by atoms with van der Waals surface area (Å²) in [5, 5.41) is 2.99. The third-order valence-electron chi connectivity index (χ3n) is 2.07. The Morgan fingerprint density at radius 3 is 2.93 bits per heavy atom. The molecule has 6 heteroatoms. The maximum Gasteiger partial charge on any atom is 0.410 e. The van der Waals surface area contributed by atoms with E-state index in [0.29, 0.717) is 26.2 Å². The predicted octanol–water partition coefficient (Wildman–Crippen LogP) is -1.10. The van der Waals surface area contributed by atoms with Crippen molar-refractivity contribution >= 4 is 12.0 Å². The van der Waals surface area contributed by atoms with Crippen LogP contribution in [0.1, 0.15) is 6.92 Å². The van der Waals surface area contributed by atoms with Crippen LogP contribution in [0.25, 0.3) is 0 Å². The molecule has 1 fully saturated rings. The molecule has 0 aliphatic carbocycles. The monoisotopic (exact) mass is 201 g/mol. The van der Waals surface area contributed by atoms with Gasteiger partial charge >= 0.3 is 6.09 Å². The molecular formula is C8H15N3O3. The van der Waals surface area contributed by atoms with Gasteiger partial charge in [-0.05, 0) is 6.92 Å². The van der Waals surface area contributed by atoms with Gasteiger partial charge < -0.3 is 15.8 Å². The molecule has 6 nitrogen and oxygen atoms in total. The van der Waals surface area contributed by atoms with Crippen molar-refractivity contribution in [3.05, 3.63) is 0 Å². The first-order valence-electron chi connectivity index (χ1n) is 4.60. The van der Waals surface area contributed by atoms with Crippen molar-refractivity contribution in [2.45, 2.75) is 13.0 Å². The summed E-state index contributed by atoms with van der Waals surface area (Å²) in [6, 6.07) is -0.595. The average molecular weight is 201 g/mol. The predicted molar refractivity (Wildman–Crippen MR) is 49.6 cm³/mol. The molecule has 3 N–H and O–H groups in total. The topological polar surface area (TPSA) is 84.7 Å². The Hall–Kier alpha value is -1.30. The van der Waals surface area contributed by atoms with Crippen molar-refractivity contribution in [1.29, 1.82) is 0 Å². The number of carbonyl (C=O) groups excluding carboxylic acids is 2. The number of nitrogens with one attached hydrogen (secondary N) is 1. The minimum atomic E-state index is -0.595. The number of primary amides is 1. The van der Waals surface area contributed by atoms with E-state index >= 15 is 0 Å². The van der Waals surface area contributed by atoms with E-state index in [9.17, 15) is 9.59 Å². The zero-order chi connectivity index (χ0) is 10.6. The van der Waals surface area contributed by atoms with Crippen LogP contribution in [0.2, 0.25) is 0 Å². The van der Waals surface area contributed by atoms with Gasteiger partial charge in [-0.15, -0.1) is 0 Å². The molecule has 1 rings (SSSR count). The van der Waals surface area contributed by atoms with Crippen LogP contribution in [0.3, 0.4) is 0 Å². The van der Waals surface area contributed by atoms with Gasteiger partial charge in [-0.3, -0.25) is 9.69 Å². The molecule has 0 bridgehead atoms. The fourth-order valence-electron chi connectivity index (χ4n) is 1.38. The van der Waals surface area contributed by atoms with Gasteiger partial charge in [-0.1, -0.05) is 0 Å². The second-order valence-corrected chi connectivity index (χ2v) is 3.01. The quantitative estimate of drug-likeness (QED) is 0.594. The Balaban J connectivity index is 2.62. The average Bonchev–Trinajstić information content (AvgIpc) is 2.18.